The molecule has 5 nitrogen and oxygen atoms in total. The smallest absolute Gasteiger partial charge is 0.269 e. The molecule has 0 atom stereocenters. The molecule has 13 heavy (non-hydrogen) atoms. The minimum Gasteiger partial charge on any atom is -0.476 e. The van der Waals surface area contributed by atoms with Crippen molar-refractivity contribution in [2.45, 2.75) is 0 Å². The van der Waals surface area contributed by atoms with Crippen molar-refractivity contribution in [3.05, 3.63) is 11.5 Å². The minimum absolute atomic E-state index is 0.0301. The SMILES string of the molecule is CN(C)C(=O)/C(C#N)=C1/NCCO1. The molecule has 0 aromatic rings. The molecule has 0 bridgehead atoms. The van der Waals surface area contributed by atoms with Gasteiger partial charge >= 0.3 is 0 Å². The standard InChI is InChI=1S/C8H11N3O2/c1-11(2)8(12)6(5-9)7-10-3-4-13-7/h10H,3-4H2,1-2H3/b7-6-. The van der Waals surface area contributed by atoms with Gasteiger partial charge in [0.25, 0.3) is 5.91 Å². The van der Waals surface area contributed by atoms with E-state index in [9.17, 15) is 4.79 Å². The van der Waals surface area contributed by atoms with Crippen molar-refractivity contribution >= 4 is 5.91 Å². The van der Waals surface area contributed by atoms with Crippen molar-refractivity contribution in [2.75, 3.05) is 27.2 Å². The maximum absolute atomic E-state index is 11.4. The fraction of sp³-hybridized carbons (Fsp3) is 0.500. The Hall–Kier alpha value is -1.70. The molecule has 70 valence electrons. The van der Waals surface area contributed by atoms with E-state index in [2.05, 4.69) is 5.32 Å². The number of nitrogens with zero attached hydrogens (tertiary/aromatic N) is 2. The molecular formula is C8H11N3O2. The van der Waals surface area contributed by atoms with Gasteiger partial charge in [0.05, 0.1) is 6.54 Å². The molecule has 1 aliphatic rings. The van der Waals surface area contributed by atoms with Crippen LogP contribution in [0.4, 0.5) is 0 Å². The van der Waals surface area contributed by atoms with E-state index in [1.165, 1.54) is 4.90 Å². The summed E-state index contributed by atoms with van der Waals surface area (Å²) in [4.78, 5) is 12.7. The molecule has 1 N–H and O–H groups in total. The zero-order valence-electron chi connectivity index (χ0n) is 7.63. The summed E-state index contributed by atoms with van der Waals surface area (Å²) in [7, 11) is 3.18. The molecule has 0 aromatic heterocycles. The third-order valence-corrected chi connectivity index (χ3v) is 1.59. The molecule has 1 aliphatic heterocycles. The number of amides is 1. The number of likely N-dealkylation sites (N-methyl/N-ethyl adjacent to an activating group) is 1. The first kappa shape index (κ1) is 9.39. The lowest BCUT2D eigenvalue weighted by Crippen LogP contribution is -2.25. The van der Waals surface area contributed by atoms with Crippen LogP contribution in [0.25, 0.3) is 0 Å². The summed E-state index contributed by atoms with van der Waals surface area (Å²) in [6.07, 6.45) is 0. The summed E-state index contributed by atoms with van der Waals surface area (Å²) in [5.74, 6) is -0.0481. The molecule has 1 fully saturated rings. The second kappa shape index (κ2) is 3.81. The van der Waals surface area contributed by atoms with E-state index in [1.807, 2.05) is 6.07 Å². The highest BCUT2D eigenvalue weighted by atomic mass is 16.5. The van der Waals surface area contributed by atoms with Crippen LogP contribution in [0.2, 0.25) is 0 Å². The van der Waals surface area contributed by atoms with Crippen LogP contribution in [0.5, 0.6) is 0 Å². The molecule has 1 saturated heterocycles. The van der Waals surface area contributed by atoms with Crippen molar-refractivity contribution in [3.63, 3.8) is 0 Å². The quantitative estimate of drug-likeness (QED) is 0.434. The predicted molar refractivity (Wildman–Crippen MR) is 45.3 cm³/mol. The van der Waals surface area contributed by atoms with Gasteiger partial charge < -0.3 is 15.0 Å². The zero-order chi connectivity index (χ0) is 9.84. The highest BCUT2D eigenvalue weighted by molar-refractivity contribution is 5.97. The van der Waals surface area contributed by atoms with Crippen LogP contribution in [-0.4, -0.2) is 38.1 Å². The summed E-state index contributed by atoms with van der Waals surface area (Å²) < 4.78 is 5.08. The molecule has 0 radical (unpaired) electrons. The fourth-order valence-electron chi connectivity index (χ4n) is 0.949. The molecule has 0 unspecified atom stereocenters. The van der Waals surface area contributed by atoms with Crippen molar-refractivity contribution in [1.29, 1.82) is 5.26 Å². The van der Waals surface area contributed by atoms with Gasteiger partial charge in [-0.1, -0.05) is 0 Å². The molecule has 0 aromatic carbocycles. The van der Waals surface area contributed by atoms with Gasteiger partial charge in [-0.25, -0.2) is 0 Å². The minimum atomic E-state index is -0.341. The maximum Gasteiger partial charge on any atom is 0.269 e. The average molecular weight is 181 g/mol. The van der Waals surface area contributed by atoms with Crippen molar-refractivity contribution in [3.8, 4) is 6.07 Å². The number of nitrogens with one attached hydrogen (secondary N) is 1. The lowest BCUT2D eigenvalue weighted by molar-refractivity contribution is -0.124. The Bertz CT molecular complexity index is 280. The third-order valence-electron chi connectivity index (χ3n) is 1.59. The number of carbonyl (C=O) groups is 1. The van der Waals surface area contributed by atoms with Crippen LogP contribution < -0.4 is 5.32 Å². The Morgan fingerprint density at radius 2 is 2.38 bits per heavy atom. The summed E-state index contributed by atoms with van der Waals surface area (Å²) in [6, 6.07) is 1.83. The van der Waals surface area contributed by atoms with E-state index in [4.69, 9.17) is 10.00 Å². The van der Waals surface area contributed by atoms with E-state index in [0.717, 1.165) is 0 Å². The Morgan fingerprint density at radius 3 is 2.77 bits per heavy atom. The Balaban J connectivity index is 2.90. The molecule has 1 amide bonds. The van der Waals surface area contributed by atoms with E-state index < -0.39 is 0 Å². The number of hydrogen-bond donors (Lipinski definition) is 1. The zero-order valence-corrected chi connectivity index (χ0v) is 7.63. The van der Waals surface area contributed by atoms with Gasteiger partial charge in [0.15, 0.2) is 5.57 Å². The van der Waals surface area contributed by atoms with E-state index >= 15 is 0 Å². The van der Waals surface area contributed by atoms with Gasteiger partial charge in [0, 0.05) is 14.1 Å². The Kier molecular flexibility index (Phi) is 2.75. The van der Waals surface area contributed by atoms with E-state index in [1.54, 1.807) is 14.1 Å². The second-order valence-corrected chi connectivity index (χ2v) is 2.79. The van der Waals surface area contributed by atoms with Crippen molar-refractivity contribution < 1.29 is 9.53 Å². The molecule has 0 saturated carbocycles. The molecule has 0 spiro atoms. The normalized spacial score (nSPS) is 18.2. The second-order valence-electron chi connectivity index (χ2n) is 2.79. The van der Waals surface area contributed by atoms with Gasteiger partial charge in [0.2, 0.25) is 5.88 Å². The molecule has 1 rings (SSSR count). The van der Waals surface area contributed by atoms with Crippen LogP contribution in [0, 0.1) is 11.3 Å². The fourth-order valence-corrected chi connectivity index (χ4v) is 0.949. The molecule has 0 aliphatic carbocycles. The summed E-state index contributed by atoms with van der Waals surface area (Å²) in [5.41, 5.74) is 0.0301. The van der Waals surface area contributed by atoms with Crippen molar-refractivity contribution in [2.24, 2.45) is 0 Å². The highest BCUT2D eigenvalue weighted by Gasteiger charge is 2.20. The first-order valence-electron chi connectivity index (χ1n) is 3.89. The lowest BCUT2D eigenvalue weighted by atomic mass is 10.2. The highest BCUT2D eigenvalue weighted by Crippen LogP contribution is 2.08. The predicted octanol–water partition coefficient (Wildman–Crippen LogP) is -0.570. The number of rotatable bonds is 1. The summed E-state index contributed by atoms with van der Waals surface area (Å²) in [5, 5.41) is 11.6. The Morgan fingerprint density at radius 1 is 1.69 bits per heavy atom. The maximum atomic E-state index is 11.4. The summed E-state index contributed by atoms with van der Waals surface area (Å²) >= 11 is 0. The first-order valence-corrected chi connectivity index (χ1v) is 3.89. The topological polar surface area (TPSA) is 65.4 Å². The molecular weight excluding hydrogens is 170 g/mol. The number of ether oxygens (including phenoxy) is 1. The van der Waals surface area contributed by atoms with E-state index in [-0.39, 0.29) is 11.5 Å². The van der Waals surface area contributed by atoms with Crippen LogP contribution in [-0.2, 0) is 9.53 Å². The molecule has 5 heteroatoms. The van der Waals surface area contributed by atoms with Gasteiger partial charge in [-0.3, -0.25) is 4.79 Å². The first-order chi connectivity index (χ1) is 6.16. The third kappa shape index (κ3) is 1.90. The van der Waals surface area contributed by atoms with Gasteiger partial charge in [-0.2, -0.15) is 5.26 Å². The van der Waals surface area contributed by atoms with Crippen LogP contribution >= 0.6 is 0 Å². The van der Waals surface area contributed by atoms with Gasteiger partial charge in [0.1, 0.15) is 12.7 Å². The summed E-state index contributed by atoms with van der Waals surface area (Å²) in [6.45, 7) is 1.14. The number of nitriles is 1. The van der Waals surface area contributed by atoms with E-state index in [0.29, 0.717) is 19.0 Å². The van der Waals surface area contributed by atoms with Gasteiger partial charge in [-0.05, 0) is 0 Å². The largest absolute Gasteiger partial charge is 0.476 e. The molecule has 1 heterocycles. The van der Waals surface area contributed by atoms with Crippen LogP contribution in [0.3, 0.4) is 0 Å². The number of hydrogen-bond acceptors (Lipinski definition) is 4. The van der Waals surface area contributed by atoms with Crippen LogP contribution in [0.15, 0.2) is 11.5 Å². The Labute approximate surface area is 76.6 Å². The van der Waals surface area contributed by atoms with Crippen LogP contribution in [0.1, 0.15) is 0 Å². The lowest BCUT2D eigenvalue weighted by Gasteiger charge is -2.09. The monoisotopic (exact) mass is 181 g/mol. The average Bonchev–Trinajstić information content (AvgIpc) is 2.58. The van der Waals surface area contributed by atoms with Crippen molar-refractivity contribution in [1.82, 2.24) is 10.2 Å². The van der Waals surface area contributed by atoms with Gasteiger partial charge in [-0.15, -0.1) is 0 Å². The number of carbonyl (C=O) groups excluding carboxylic acids is 1.